The van der Waals surface area contributed by atoms with Crippen LogP contribution in [0.4, 0.5) is 5.13 Å². The third-order valence-electron chi connectivity index (χ3n) is 4.99. The number of thioether (sulfide) groups is 1. The summed E-state index contributed by atoms with van der Waals surface area (Å²) in [6, 6.07) is 11.9. The summed E-state index contributed by atoms with van der Waals surface area (Å²) in [5.74, 6) is 0.654. The summed E-state index contributed by atoms with van der Waals surface area (Å²) in [5, 5.41) is 15.0. The third kappa shape index (κ3) is 4.89. The van der Waals surface area contributed by atoms with Gasteiger partial charge >= 0.3 is 0 Å². The van der Waals surface area contributed by atoms with E-state index in [1.165, 1.54) is 23.1 Å². The molecule has 0 saturated heterocycles. The third-order valence-corrected chi connectivity index (χ3v) is 6.85. The Morgan fingerprint density at radius 1 is 1.32 bits per heavy atom. The van der Waals surface area contributed by atoms with Crippen LogP contribution >= 0.6 is 23.1 Å². The van der Waals surface area contributed by atoms with Crippen molar-refractivity contribution in [1.82, 2.24) is 9.97 Å². The number of nitriles is 1. The summed E-state index contributed by atoms with van der Waals surface area (Å²) in [6.45, 7) is 4.39. The van der Waals surface area contributed by atoms with Gasteiger partial charge in [-0.05, 0) is 69.0 Å². The second-order valence-electron chi connectivity index (χ2n) is 7.16. The fourth-order valence-corrected chi connectivity index (χ4v) is 5.02. The molecule has 0 bridgehead atoms. The van der Waals surface area contributed by atoms with Gasteiger partial charge in [-0.25, -0.2) is 9.97 Å². The van der Waals surface area contributed by atoms with Crippen LogP contribution in [0.2, 0.25) is 0 Å². The first kappa shape index (κ1) is 21.3. The molecule has 1 aliphatic rings. The number of carbonyl (C=O) groups is 1. The minimum Gasteiger partial charge on any atom is -0.494 e. The molecule has 1 amide bonds. The Morgan fingerprint density at radius 3 is 2.87 bits per heavy atom. The number of hydrogen-bond donors (Lipinski definition) is 1. The number of amides is 1. The van der Waals surface area contributed by atoms with Gasteiger partial charge < -0.3 is 10.1 Å². The molecule has 1 atom stereocenters. The second kappa shape index (κ2) is 9.50. The zero-order valence-electron chi connectivity index (χ0n) is 17.3. The monoisotopic (exact) mass is 450 g/mol. The maximum Gasteiger partial charge on any atom is 0.239 e. The highest BCUT2D eigenvalue weighted by molar-refractivity contribution is 8.00. The fraction of sp³-hybridized carbons (Fsp3) is 0.304. The number of ether oxygens (including phenoxy) is 1. The molecule has 31 heavy (non-hydrogen) atoms. The summed E-state index contributed by atoms with van der Waals surface area (Å²) in [5.41, 5.74) is 4.51. The first-order valence-electron chi connectivity index (χ1n) is 10.2. The molecule has 0 spiro atoms. The van der Waals surface area contributed by atoms with Gasteiger partial charge in [-0.15, -0.1) is 11.3 Å². The van der Waals surface area contributed by atoms with Gasteiger partial charge in [0.15, 0.2) is 5.13 Å². The Bertz CT molecular complexity index is 1140. The highest BCUT2D eigenvalue weighted by atomic mass is 32.2. The predicted molar refractivity (Wildman–Crippen MR) is 124 cm³/mol. The average molecular weight is 451 g/mol. The van der Waals surface area contributed by atoms with E-state index in [1.807, 2.05) is 49.6 Å². The van der Waals surface area contributed by atoms with E-state index in [2.05, 4.69) is 21.4 Å². The minimum absolute atomic E-state index is 0.163. The predicted octanol–water partition coefficient (Wildman–Crippen LogP) is 5.08. The Morgan fingerprint density at radius 2 is 2.13 bits per heavy atom. The van der Waals surface area contributed by atoms with Crippen LogP contribution < -0.4 is 10.1 Å². The summed E-state index contributed by atoms with van der Waals surface area (Å²) in [6.07, 6.45) is 2.97. The number of nitrogens with zero attached hydrogens (tertiary/aromatic N) is 3. The van der Waals surface area contributed by atoms with Crippen molar-refractivity contribution in [3.8, 4) is 23.1 Å². The number of hydrogen-bond acceptors (Lipinski definition) is 7. The molecule has 2 heterocycles. The standard InChI is InChI=1S/C23H22N4O2S2/c1-3-29-18-9-7-15(8-10-18)20-13-30-23(26-20)27-21(28)14(2)31-22-17(12-24)11-16-5-4-6-19(16)25-22/h7-11,13-14H,3-6H2,1-2H3,(H,26,27,28). The van der Waals surface area contributed by atoms with Crippen LogP contribution in [-0.4, -0.2) is 27.7 Å². The zero-order valence-corrected chi connectivity index (χ0v) is 19.0. The van der Waals surface area contributed by atoms with Crippen LogP contribution in [0.5, 0.6) is 5.75 Å². The first-order valence-corrected chi connectivity index (χ1v) is 11.9. The number of pyridine rings is 1. The van der Waals surface area contributed by atoms with Crippen LogP contribution in [0, 0.1) is 11.3 Å². The van der Waals surface area contributed by atoms with Crippen molar-refractivity contribution in [2.75, 3.05) is 11.9 Å². The molecule has 2 aromatic heterocycles. The van der Waals surface area contributed by atoms with Gasteiger partial charge in [-0.2, -0.15) is 5.26 Å². The van der Waals surface area contributed by atoms with Gasteiger partial charge in [0.25, 0.3) is 0 Å². The number of aromatic nitrogens is 2. The lowest BCUT2D eigenvalue weighted by molar-refractivity contribution is -0.115. The molecule has 3 aromatic rings. The van der Waals surface area contributed by atoms with E-state index in [0.29, 0.717) is 22.3 Å². The minimum atomic E-state index is -0.406. The molecule has 158 valence electrons. The molecule has 1 unspecified atom stereocenters. The normalized spacial score (nSPS) is 13.3. The van der Waals surface area contributed by atoms with Gasteiger partial charge in [0.1, 0.15) is 16.8 Å². The highest BCUT2D eigenvalue weighted by Crippen LogP contribution is 2.31. The van der Waals surface area contributed by atoms with Crippen molar-refractivity contribution in [2.45, 2.75) is 43.4 Å². The smallest absolute Gasteiger partial charge is 0.239 e. The fourth-order valence-electron chi connectivity index (χ4n) is 3.40. The lowest BCUT2D eigenvalue weighted by atomic mass is 10.2. The van der Waals surface area contributed by atoms with E-state index >= 15 is 0 Å². The quantitative estimate of drug-likeness (QED) is 0.505. The number of benzene rings is 1. The summed E-state index contributed by atoms with van der Waals surface area (Å²) in [7, 11) is 0. The number of thiazole rings is 1. The second-order valence-corrected chi connectivity index (χ2v) is 9.34. The van der Waals surface area contributed by atoms with Gasteiger partial charge in [0, 0.05) is 16.6 Å². The summed E-state index contributed by atoms with van der Waals surface area (Å²) >= 11 is 2.70. The number of fused-ring (bicyclic) bond motifs is 1. The number of nitrogens with one attached hydrogen (secondary N) is 1. The van der Waals surface area contributed by atoms with Gasteiger partial charge in [0.2, 0.25) is 5.91 Å². The number of anilines is 1. The molecule has 0 radical (unpaired) electrons. The SMILES string of the molecule is CCOc1ccc(-c2csc(NC(=O)C(C)Sc3nc4c(cc3C#N)CCC4)n2)cc1. The van der Waals surface area contributed by atoms with Gasteiger partial charge in [-0.1, -0.05) is 11.8 Å². The molecule has 8 heteroatoms. The lowest BCUT2D eigenvalue weighted by Gasteiger charge is -2.12. The molecular weight excluding hydrogens is 428 g/mol. The Balaban J connectivity index is 1.41. The van der Waals surface area contributed by atoms with E-state index < -0.39 is 5.25 Å². The molecular formula is C23H22N4O2S2. The van der Waals surface area contributed by atoms with Crippen LogP contribution in [0.15, 0.2) is 40.7 Å². The van der Waals surface area contributed by atoms with E-state index in [0.717, 1.165) is 47.5 Å². The van der Waals surface area contributed by atoms with Crippen molar-refractivity contribution in [3.63, 3.8) is 0 Å². The maximum absolute atomic E-state index is 12.7. The lowest BCUT2D eigenvalue weighted by Crippen LogP contribution is -2.22. The maximum atomic E-state index is 12.7. The molecule has 0 fully saturated rings. The van der Waals surface area contributed by atoms with E-state index in [-0.39, 0.29) is 5.91 Å². The Hall–Kier alpha value is -2.89. The zero-order chi connectivity index (χ0) is 21.8. The summed E-state index contributed by atoms with van der Waals surface area (Å²) in [4.78, 5) is 21.9. The van der Waals surface area contributed by atoms with Crippen molar-refractivity contribution < 1.29 is 9.53 Å². The van der Waals surface area contributed by atoms with Crippen molar-refractivity contribution in [3.05, 3.63) is 52.5 Å². The number of aryl methyl sites for hydroxylation is 2. The van der Waals surface area contributed by atoms with Crippen LogP contribution in [0.25, 0.3) is 11.3 Å². The van der Waals surface area contributed by atoms with E-state index in [1.54, 1.807) is 0 Å². The Kier molecular flexibility index (Phi) is 6.54. The van der Waals surface area contributed by atoms with Gasteiger partial charge in [0.05, 0.1) is 23.1 Å². The van der Waals surface area contributed by atoms with Gasteiger partial charge in [-0.3, -0.25) is 4.79 Å². The summed E-state index contributed by atoms with van der Waals surface area (Å²) < 4.78 is 5.47. The first-order chi connectivity index (χ1) is 15.1. The number of rotatable bonds is 7. The molecule has 4 rings (SSSR count). The molecule has 0 saturated carbocycles. The number of carbonyl (C=O) groups excluding carboxylic acids is 1. The van der Waals surface area contributed by atoms with Crippen molar-refractivity contribution in [2.24, 2.45) is 0 Å². The molecule has 1 N–H and O–H groups in total. The van der Waals surface area contributed by atoms with E-state index in [4.69, 9.17) is 4.74 Å². The molecule has 1 aliphatic carbocycles. The van der Waals surface area contributed by atoms with Crippen LogP contribution in [-0.2, 0) is 17.6 Å². The topological polar surface area (TPSA) is 87.9 Å². The average Bonchev–Trinajstić information content (AvgIpc) is 3.43. The van der Waals surface area contributed by atoms with Crippen LogP contribution in [0.1, 0.15) is 37.1 Å². The molecule has 1 aromatic carbocycles. The largest absolute Gasteiger partial charge is 0.494 e. The van der Waals surface area contributed by atoms with Crippen molar-refractivity contribution >= 4 is 34.1 Å². The van der Waals surface area contributed by atoms with Crippen molar-refractivity contribution in [1.29, 1.82) is 5.26 Å². The van der Waals surface area contributed by atoms with Crippen LogP contribution in [0.3, 0.4) is 0 Å². The highest BCUT2D eigenvalue weighted by Gasteiger charge is 2.22. The Labute approximate surface area is 189 Å². The molecule has 6 nitrogen and oxygen atoms in total. The molecule has 0 aliphatic heterocycles. The van der Waals surface area contributed by atoms with E-state index in [9.17, 15) is 10.1 Å².